The fourth-order valence-corrected chi connectivity index (χ4v) is 3.87. The topological polar surface area (TPSA) is 61.8 Å². The normalized spacial score (nSPS) is 21.2. The van der Waals surface area contributed by atoms with Crippen molar-refractivity contribution >= 4 is 11.7 Å². The molecule has 1 aliphatic carbocycles. The van der Waals surface area contributed by atoms with Crippen molar-refractivity contribution in [1.29, 1.82) is 0 Å². The number of anilines is 1. The quantitative estimate of drug-likeness (QED) is 0.899. The molecule has 1 saturated carbocycles. The summed E-state index contributed by atoms with van der Waals surface area (Å²) in [7, 11) is 1.61. The van der Waals surface area contributed by atoms with Crippen LogP contribution in [0.2, 0.25) is 0 Å². The number of amides is 2. The minimum Gasteiger partial charge on any atom is -0.497 e. The minimum absolute atomic E-state index is 0.105. The Labute approximate surface area is 137 Å². The second-order valence-corrected chi connectivity index (χ2v) is 6.73. The number of hydrogen-bond acceptors (Lipinski definition) is 3. The fourth-order valence-electron chi connectivity index (χ4n) is 3.87. The SMILES string of the molecule is COc1cccc(NC(=O)N2CCC(O)(C3CCCC3)CC2)c1. The van der Waals surface area contributed by atoms with Gasteiger partial charge in [-0.3, -0.25) is 0 Å². The van der Waals surface area contributed by atoms with Gasteiger partial charge < -0.3 is 20.1 Å². The Morgan fingerprint density at radius 1 is 1.30 bits per heavy atom. The molecule has 1 heterocycles. The van der Waals surface area contributed by atoms with E-state index in [4.69, 9.17) is 4.74 Å². The molecule has 0 bridgehead atoms. The second kappa shape index (κ2) is 6.79. The van der Waals surface area contributed by atoms with Gasteiger partial charge in [0.05, 0.1) is 12.7 Å². The first-order valence-electron chi connectivity index (χ1n) is 8.53. The lowest BCUT2D eigenvalue weighted by molar-refractivity contribution is -0.0574. The number of urea groups is 1. The van der Waals surface area contributed by atoms with Crippen LogP contribution >= 0.6 is 0 Å². The van der Waals surface area contributed by atoms with E-state index in [0.717, 1.165) is 24.3 Å². The number of ether oxygens (including phenoxy) is 1. The molecule has 1 aromatic rings. The van der Waals surface area contributed by atoms with Crippen molar-refractivity contribution < 1.29 is 14.6 Å². The third-order valence-electron chi connectivity index (χ3n) is 5.35. The molecule has 1 saturated heterocycles. The first-order chi connectivity index (χ1) is 11.1. The molecular weight excluding hydrogens is 292 g/mol. The molecule has 0 spiro atoms. The number of methoxy groups -OCH3 is 1. The van der Waals surface area contributed by atoms with Gasteiger partial charge in [-0.15, -0.1) is 0 Å². The largest absolute Gasteiger partial charge is 0.497 e. The number of nitrogens with zero attached hydrogens (tertiary/aromatic N) is 1. The summed E-state index contributed by atoms with van der Waals surface area (Å²) in [4.78, 5) is 14.2. The third kappa shape index (κ3) is 3.61. The van der Waals surface area contributed by atoms with Crippen LogP contribution in [-0.2, 0) is 0 Å². The van der Waals surface area contributed by atoms with Gasteiger partial charge in [-0.25, -0.2) is 4.79 Å². The van der Waals surface area contributed by atoms with Gasteiger partial charge in [0.2, 0.25) is 0 Å². The Kier molecular flexibility index (Phi) is 4.76. The number of benzene rings is 1. The summed E-state index contributed by atoms with van der Waals surface area (Å²) in [6.07, 6.45) is 6.09. The van der Waals surface area contributed by atoms with Crippen LogP contribution in [0.3, 0.4) is 0 Å². The van der Waals surface area contributed by atoms with Crippen molar-refractivity contribution in [2.24, 2.45) is 5.92 Å². The van der Waals surface area contributed by atoms with Crippen LogP contribution in [0.4, 0.5) is 10.5 Å². The van der Waals surface area contributed by atoms with E-state index in [1.165, 1.54) is 12.8 Å². The Morgan fingerprint density at radius 3 is 2.65 bits per heavy atom. The average Bonchev–Trinajstić information content (AvgIpc) is 3.11. The van der Waals surface area contributed by atoms with E-state index in [-0.39, 0.29) is 6.03 Å². The van der Waals surface area contributed by atoms with E-state index >= 15 is 0 Å². The maximum Gasteiger partial charge on any atom is 0.321 e. The summed E-state index contributed by atoms with van der Waals surface area (Å²) in [6.45, 7) is 1.23. The monoisotopic (exact) mass is 318 g/mol. The molecular formula is C18H26N2O3. The van der Waals surface area contributed by atoms with Gasteiger partial charge in [0.1, 0.15) is 5.75 Å². The summed E-state index contributed by atoms with van der Waals surface area (Å²) >= 11 is 0. The van der Waals surface area contributed by atoms with E-state index in [0.29, 0.717) is 31.8 Å². The van der Waals surface area contributed by atoms with E-state index in [9.17, 15) is 9.90 Å². The van der Waals surface area contributed by atoms with E-state index in [2.05, 4.69) is 5.32 Å². The zero-order valence-corrected chi connectivity index (χ0v) is 13.8. The van der Waals surface area contributed by atoms with Crippen LogP contribution in [0.1, 0.15) is 38.5 Å². The molecule has 0 unspecified atom stereocenters. The van der Waals surface area contributed by atoms with Crippen LogP contribution in [0.25, 0.3) is 0 Å². The van der Waals surface area contributed by atoms with Crippen LogP contribution in [-0.4, -0.2) is 41.8 Å². The van der Waals surface area contributed by atoms with E-state index < -0.39 is 5.60 Å². The number of hydrogen-bond donors (Lipinski definition) is 2. The standard InChI is InChI=1S/C18H26N2O3/c1-23-16-8-4-7-15(13-16)19-17(21)20-11-9-18(22,10-12-20)14-5-2-3-6-14/h4,7-8,13-14,22H,2-3,5-6,9-12H2,1H3,(H,19,21). The van der Waals surface area contributed by atoms with Crippen molar-refractivity contribution in [2.75, 3.05) is 25.5 Å². The lowest BCUT2D eigenvalue weighted by Gasteiger charge is -2.41. The van der Waals surface area contributed by atoms with Gasteiger partial charge in [-0.1, -0.05) is 18.9 Å². The Balaban J connectivity index is 1.55. The maximum atomic E-state index is 12.4. The molecule has 23 heavy (non-hydrogen) atoms. The number of aliphatic hydroxyl groups is 1. The Morgan fingerprint density at radius 2 is 2.00 bits per heavy atom. The highest BCUT2D eigenvalue weighted by molar-refractivity contribution is 5.89. The molecule has 5 nitrogen and oxygen atoms in total. The number of rotatable bonds is 3. The molecule has 2 fully saturated rings. The molecule has 0 aromatic heterocycles. The molecule has 126 valence electrons. The molecule has 2 aliphatic rings. The molecule has 0 radical (unpaired) electrons. The number of carbonyl (C=O) groups is 1. The second-order valence-electron chi connectivity index (χ2n) is 6.73. The molecule has 1 aliphatic heterocycles. The van der Waals surface area contributed by atoms with Gasteiger partial charge in [-0.05, 0) is 43.7 Å². The van der Waals surface area contributed by atoms with Gasteiger partial charge in [0.15, 0.2) is 0 Å². The van der Waals surface area contributed by atoms with Crippen LogP contribution < -0.4 is 10.1 Å². The molecule has 3 rings (SSSR count). The van der Waals surface area contributed by atoms with Gasteiger partial charge >= 0.3 is 6.03 Å². The van der Waals surface area contributed by atoms with Crippen molar-refractivity contribution in [3.63, 3.8) is 0 Å². The van der Waals surface area contributed by atoms with Crippen molar-refractivity contribution in [3.05, 3.63) is 24.3 Å². The first-order valence-corrected chi connectivity index (χ1v) is 8.53. The molecule has 5 heteroatoms. The lowest BCUT2D eigenvalue weighted by Crippen LogP contribution is -2.50. The number of carbonyl (C=O) groups excluding carboxylic acids is 1. The number of piperidine rings is 1. The molecule has 1 aromatic carbocycles. The van der Waals surface area contributed by atoms with E-state index in [1.807, 2.05) is 18.2 Å². The molecule has 2 N–H and O–H groups in total. The average molecular weight is 318 g/mol. The highest BCUT2D eigenvalue weighted by Gasteiger charge is 2.41. The third-order valence-corrected chi connectivity index (χ3v) is 5.35. The zero-order chi connectivity index (χ0) is 16.3. The Bertz CT molecular complexity index is 547. The van der Waals surface area contributed by atoms with Crippen LogP contribution in [0, 0.1) is 5.92 Å². The predicted octanol–water partition coefficient (Wildman–Crippen LogP) is 3.24. The molecule has 2 amide bonds. The predicted molar refractivity (Wildman–Crippen MR) is 89.7 cm³/mol. The highest BCUT2D eigenvalue weighted by Crippen LogP contribution is 2.40. The Hall–Kier alpha value is -1.75. The summed E-state index contributed by atoms with van der Waals surface area (Å²) in [5.41, 5.74) is 0.162. The highest BCUT2D eigenvalue weighted by atomic mass is 16.5. The summed E-state index contributed by atoms with van der Waals surface area (Å²) in [5.74, 6) is 1.14. The first kappa shape index (κ1) is 16.1. The summed E-state index contributed by atoms with van der Waals surface area (Å²) in [6, 6.07) is 7.24. The van der Waals surface area contributed by atoms with Crippen molar-refractivity contribution in [3.8, 4) is 5.75 Å². The summed E-state index contributed by atoms with van der Waals surface area (Å²) < 4.78 is 5.17. The van der Waals surface area contributed by atoms with Crippen LogP contribution in [0.15, 0.2) is 24.3 Å². The van der Waals surface area contributed by atoms with Crippen LogP contribution in [0.5, 0.6) is 5.75 Å². The maximum absolute atomic E-state index is 12.4. The summed E-state index contributed by atoms with van der Waals surface area (Å²) in [5, 5.41) is 13.8. The van der Waals surface area contributed by atoms with E-state index in [1.54, 1.807) is 18.1 Å². The molecule has 0 atom stereocenters. The smallest absolute Gasteiger partial charge is 0.321 e. The van der Waals surface area contributed by atoms with Gasteiger partial charge in [0, 0.05) is 24.8 Å². The number of nitrogens with one attached hydrogen (secondary N) is 1. The minimum atomic E-state index is -0.566. The van der Waals surface area contributed by atoms with Gasteiger partial charge in [-0.2, -0.15) is 0 Å². The van der Waals surface area contributed by atoms with Gasteiger partial charge in [0.25, 0.3) is 0 Å². The van der Waals surface area contributed by atoms with Crippen molar-refractivity contribution in [1.82, 2.24) is 4.90 Å². The van der Waals surface area contributed by atoms with Crippen molar-refractivity contribution in [2.45, 2.75) is 44.1 Å². The fraction of sp³-hybridized carbons (Fsp3) is 0.611. The number of likely N-dealkylation sites (tertiary alicyclic amines) is 1. The lowest BCUT2D eigenvalue weighted by atomic mass is 9.78. The zero-order valence-electron chi connectivity index (χ0n) is 13.8.